The molecule has 0 spiro atoms. The number of aliphatic hydroxyl groups is 4. The lowest BCUT2D eigenvalue weighted by Gasteiger charge is -2.39. The van der Waals surface area contributed by atoms with Gasteiger partial charge in [-0.3, -0.25) is 0 Å². The summed E-state index contributed by atoms with van der Waals surface area (Å²) >= 11 is 0. The molecule has 1 saturated heterocycles. The van der Waals surface area contributed by atoms with Crippen molar-refractivity contribution in [3.8, 4) is 5.75 Å². The lowest BCUT2D eigenvalue weighted by atomic mass is 9.99. The Labute approximate surface area is 108 Å². The standard InChI is InChI=1S/C12H15FO6/c13-6-3-1-2-4-7(6)18-12-11(17)10(16)9(15)8(5-14)19-12/h1-4,8-12,14-17H,5H2/t8-,9+,10+,11-,12-/m1/s1. The maximum absolute atomic E-state index is 13.4. The van der Waals surface area contributed by atoms with Crippen molar-refractivity contribution in [2.24, 2.45) is 0 Å². The number of ether oxygens (including phenoxy) is 2. The zero-order valence-corrected chi connectivity index (χ0v) is 9.89. The highest BCUT2D eigenvalue weighted by atomic mass is 19.1. The SMILES string of the molecule is OC[C@H]1O[C@@H](Oc2ccccc2F)[C@H](O)[C@@H](O)[C@H]1O. The van der Waals surface area contributed by atoms with Gasteiger partial charge < -0.3 is 29.9 Å². The molecule has 7 heteroatoms. The summed E-state index contributed by atoms with van der Waals surface area (Å²) < 4.78 is 23.6. The van der Waals surface area contributed by atoms with Crippen LogP contribution in [0.5, 0.6) is 5.75 Å². The summed E-state index contributed by atoms with van der Waals surface area (Å²) in [4.78, 5) is 0. The largest absolute Gasteiger partial charge is 0.459 e. The van der Waals surface area contributed by atoms with Crippen LogP contribution in [0.25, 0.3) is 0 Å². The van der Waals surface area contributed by atoms with Crippen molar-refractivity contribution in [2.75, 3.05) is 6.61 Å². The van der Waals surface area contributed by atoms with Crippen molar-refractivity contribution < 1.29 is 34.3 Å². The van der Waals surface area contributed by atoms with Gasteiger partial charge in [-0.05, 0) is 12.1 Å². The van der Waals surface area contributed by atoms with E-state index in [0.717, 1.165) is 0 Å². The summed E-state index contributed by atoms with van der Waals surface area (Å²) in [7, 11) is 0. The van der Waals surface area contributed by atoms with Gasteiger partial charge in [-0.1, -0.05) is 12.1 Å². The van der Waals surface area contributed by atoms with Gasteiger partial charge in [-0.25, -0.2) is 4.39 Å². The number of para-hydroxylation sites is 1. The van der Waals surface area contributed by atoms with Crippen LogP contribution in [0.1, 0.15) is 0 Å². The van der Waals surface area contributed by atoms with E-state index in [4.69, 9.17) is 14.6 Å². The summed E-state index contributed by atoms with van der Waals surface area (Å²) in [6.07, 6.45) is -7.05. The zero-order chi connectivity index (χ0) is 14.0. The predicted octanol–water partition coefficient (Wildman–Crippen LogP) is -0.996. The molecule has 19 heavy (non-hydrogen) atoms. The topological polar surface area (TPSA) is 99.4 Å². The molecule has 0 unspecified atom stereocenters. The summed E-state index contributed by atoms with van der Waals surface area (Å²) in [6.45, 7) is -0.567. The number of hydrogen-bond donors (Lipinski definition) is 4. The summed E-state index contributed by atoms with van der Waals surface area (Å²) in [5.41, 5.74) is 0. The lowest BCUT2D eigenvalue weighted by Crippen LogP contribution is -2.60. The van der Waals surface area contributed by atoms with Crippen LogP contribution in [0, 0.1) is 5.82 Å². The minimum absolute atomic E-state index is 0.160. The first-order chi connectivity index (χ1) is 9.04. The first kappa shape index (κ1) is 14.2. The second-order valence-corrected chi connectivity index (χ2v) is 4.25. The summed E-state index contributed by atoms with van der Waals surface area (Å²) in [5, 5.41) is 37.8. The molecule has 0 aromatic heterocycles. The van der Waals surface area contributed by atoms with E-state index in [9.17, 15) is 19.7 Å². The maximum Gasteiger partial charge on any atom is 0.229 e. The molecule has 1 aromatic carbocycles. The van der Waals surface area contributed by atoms with Crippen LogP contribution >= 0.6 is 0 Å². The summed E-state index contributed by atoms with van der Waals surface area (Å²) in [5.74, 6) is -0.814. The molecular formula is C12H15FO6. The van der Waals surface area contributed by atoms with E-state index in [-0.39, 0.29) is 5.75 Å². The van der Waals surface area contributed by atoms with Gasteiger partial charge in [-0.15, -0.1) is 0 Å². The van der Waals surface area contributed by atoms with Crippen LogP contribution in [-0.4, -0.2) is 57.7 Å². The number of benzene rings is 1. The Bertz CT molecular complexity index is 426. The minimum Gasteiger partial charge on any atom is -0.459 e. The van der Waals surface area contributed by atoms with Crippen molar-refractivity contribution in [3.05, 3.63) is 30.1 Å². The van der Waals surface area contributed by atoms with Crippen molar-refractivity contribution in [1.29, 1.82) is 0 Å². The van der Waals surface area contributed by atoms with Crippen molar-refractivity contribution >= 4 is 0 Å². The second kappa shape index (κ2) is 5.81. The van der Waals surface area contributed by atoms with Crippen LogP contribution in [0.15, 0.2) is 24.3 Å². The fourth-order valence-electron chi connectivity index (χ4n) is 1.83. The molecule has 2 rings (SSSR count). The molecule has 1 heterocycles. The molecule has 4 N–H and O–H groups in total. The van der Waals surface area contributed by atoms with E-state index in [2.05, 4.69) is 0 Å². The van der Waals surface area contributed by atoms with Gasteiger partial charge in [0, 0.05) is 0 Å². The highest BCUT2D eigenvalue weighted by Crippen LogP contribution is 2.25. The monoisotopic (exact) mass is 274 g/mol. The lowest BCUT2D eigenvalue weighted by molar-refractivity contribution is -0.277. The highest BCUT2D eigenvalue weighted by Gasteiger charge is 2.44. The molecule has 106 valence electrons. The van der Waals surface area contributed by atoms with Crippen molar-refractivity contribution in [1.82, 2.24) is 0 Å². The number of aliphatic hydroxyl groups excluding tert-OH is 4. The molecule has 1 aliphatic heterocycles. The Morgan fingerprint density at radius 2 is 1.79 bits per heavy atom. The van der Waals surface area contributed by atoms with Crippen LogP contribution in [0.4, 0.5) is 4.39 Å². The van der Waals surface area contributed by atoms with Crippen molar-refractivity contribution in [3.63, 3.8) is 0 Å². The van der Waals surface area contributed by atoms with Gasteiger partial charge in [0.05, 0.1) is 6.61 Å². The van der Waals surface area contributed by atoms with Gasteiger partial charge >= 0.3 is 0 Å². The van der Waals surface area contributed by atoms with E-state index in [0.29, 0.717) is 0 Å². The van der Waals surface area contributed by atoms with Gasteiger partial charge in [0.2, 0.25) is 6.29 Å². The Balaban J connectivity index is 2.13. The smallest absolute Gasteiger partial charge is 0.229 e. The Kier molecular flexibility index (Phi) is 4.33. The van der Waals surface area contributed by atoms with Gasteiger partial charge in [0.15, 0.2) is 11.6 Å². The van der Waals surface area contributed by atoms with Crippen LogP contribution in [-0.2, 0) is 4.74 Å². The molecule has 0 aliphatic carbocycles. The average Bonchev–Trinajstić information content (AvgIpc) is 2.41. The Hall–Kier alpha value is -1.25. The average molecular weight is 274 g/mol. The molecule has 0 bridgehead atoms. The Morgan fingerprint density at radius 1 is 1.11 bits per heavy atom. The normalized spacial score (nSPS) is 35.1. The van der Waals surface area contributed by atoms with Gasteiger partial charge in [-0.2, -0.15) is 0 Å². The van der Waals surface area contributed by atoms with Gasteiger partial charge in [0.1, 0.15) is 24.4 Å². The number of halogens is 1. The van der Waals surface area contributed by atoms with E-state index >= 15 is 0 Å². The van der Waals surface area contributed by atoms with Crippen LogP contribution < -0.4 is 4.74 Å². The third-order valence-corrected chi connectivity index (χ3v) is 2.93. The first-order valence-electron chi connectivity index (χ1n) is 5.76. The third kappa shape index (κ3) is 2.85. The van der Waals surface area contributed by atoms with E-state index in [1.807, 2.05) is 0 Å². The molecule has 0 saturated carbocycles. The summed E-state index contributed by atoms with van der Waals surface area (Å²) in [6, 6.07) is 5.49. The van der Waals surface area contributed by atoms with E-state index in [1.165, 1.54) is 24.3 Å². The molecule has 5 atom stereocenters. The second-order valence-electron chi connectivity index (χ2n) is 4.25. The molecule has 1 fully saturated rings. The first-order valence-corrected chi connectivity index (χ1v) is 5.76. The van der Waals surface area contributed by atoms with Crippen LogP contribution in [0.3, 0.4) is 0 Å². The third-order valence-electron chi connectivity index (χ3n) is 2.93. The zero-order valence-electron chi connectivity index (χ0n) is 9.89. The van der Waals surface area contributed by atoms with Crippen LogP contribution in [0.2, 0.25) is 0 Å². The molecule has 0 radical (unpaired) electrons. The molecular weight excluding hydrogens is 259 g/mol. The molecule has 1 aromatic rings. The predicted molar refractivity (Wildman–Crippen MR) is 60.8 cm³/mol. The minimum atomic E-state index is -1.56. The van der Waals surface area contributed by atoms with E-state index < -0.39 is 43.1 Å². The molecule has 6 nitrogen and oxygen atoms in total. The number of rotatable bonds is 3. The molecule has 0 amide bonds. The fourth-order valence-corrected chi connectivity index (χ4v) is 1.83. The van der Waals surface area contributed by atoms with Crippen molar-refractivity contribution in [2.45, 2.75) is 30.7 Å². The maximum atomic E-state index is 13.4. The highest BCUT2D eigenvalue weighted by molar-refractivity contribution is 5.24. The number of hydrogen-bond acceptors (Lipinski definition) is 6. The van der Waals surface area contributed by atoms with Gasteiger partial charge in [0.25, 0.3) is 0 Å². The van der Waals surface area contributed by atoms with E-state index in [1.54, 1.807) is 0 Å². The fraction of sp³-hybridized carbons (Fsp3) is 0.500. The quantitative estimate of drug-likeness (QED) is 0.564. The molecule has 1 aliphatic rings. The Morgan fingerprint density at radius 3 is 2.42 bits per heavy atom.